The molecule has 0 radical (unpaired) electrons. The van der Waals surface area contributed by atoms with Crippen LogP contribution >= 0.6 is 0 Å². The molecule has 0 aromatic heterocycles. The standard InChI is InChI=1S/C22H28N4O5/c1-25(13-14-6-8-23-9-7-14)10-11-31-15-2-3-16-17(12-15)22(30)26(21(16)29)18-4-5-19(27)24-20(18)28/h2-3,12,14,18,23H,4-11,13H2,1H3,(H,24,27,28). The fourth-order valence-corrected chi connectivity index (χ4v) is 4.46. The lowest BCUT2D eigenvalue weighted by Crippen LogP contribution is -2.54. The molecule has 1 atom stereocenters. The minimum Gasteiger partial charge on any atom is -0.492 e. The fourth-order valence-electron chi connectivity index (χ4n) is 4.46. The maximum absolute atomic E-state index is 12.9. The highest BCUT2D eigenvalue weighted by Gasteiger charge is 2.44. The molecule has 9 nitrogen and oxygen atoms in total. The number of hydrogen-bond donors (Lipinski definition) is 2. The highest BCUT2D eigenvalue weighted by molar-refractivity contribution is 6.23. The van der Waals surface area contributed by atoms with Crippen LogP contribution in [-0.4, -0.2) is 79.3 Å². The number of likely N-dealkylation sites (N-methyl/N-ethyl adjacent to an activating group) is 1. The van der Waals surface area contributed by atoms with Gasteiger partial charge in [-0.1, -0.05) is 0 Å². The molecule has 2 saturated heterocycles. The Labute approximate surface area is 181 Å². The summed E-state index contributed by atoms with van der Waals surface area (Å²) in [6.07, 6.45) is 2.62. The molecule has 3 aliphatic rings. The summed E-state index contributed by atoms with van der Waals surface area (Å²) in [5.74, 6) is -0.822. The fraction of sp³-hybridized carbons (Fsp3) is 0.545. The summed E-state index contributed by atoms with van der Waals surface area (Å²) in [6, 6.07) is 3.84. The van der Waals surface area contributed by atoms with Crippen LogP contribution in [-0.2, 0) is 9.59 Å². The van der Waals surface area contributed by atoms with Crippen molar-refractivity contribution in [2.45, 2.75) is 31.7 Å². The van der Waals surface area contributed by atoms with E-state index in [0.29, 0.717) is 18.3 Å². The molecule has 4 rings (SSSR count). The Bertz CT molecular complexity index is 896. The van der Waals surface area contributed by atoms with Crippen LogP contribution in [0.1, 0.15) is 46.4 Å². The van der Waals surface area contributed by atoms with E-state index in [1.165, 1.54) is 12.8 Å². The number of carbonyl (C=O) groups excluding carboxylic acids is 4. The Balaban J connectivity index is 1.35. The van der Waals surface area contributed by atoms with Gasteiger partial charge in [-0.25, -0.2) is 0 Å². The zero-order valence-electron chi connectivity index (χ0n) is 17.7. The number of fused-ring (bicyclic) bond motifs is 1. The zero-order chi connectivity index (χ0) is 22.0. The molecule has 1 aromatic rings. The summed E-state index contributed by atoms with van der Waals surface area (Å²) in [6.45, 7) is 4.41. The Morgan fingerprint density at radius 1 is 1.06 bits per heavy atom. The molecule has 3 aliphatic heterocycles. The lowest BCUT2D eigenvalue weighted by molar-refractivity contribution is -0.136. The van der Waals surface area contributed by atoms with Gasteiger partial charge >= 0.3 is 0 Å². The van der Waals surface area contributed by atoms with Crippen molar-refractivity contribution in [3.05, 3.63) is 29.3 Å². The van der Waals surface area contributed by atoms with Crippen molar-refractivity contribution < 1.29 is 23.9 Å². The number of benzene rings is 1. The zero-order valence-corrected chi connectivity index (χ0v) is 17.7. The van der Waals surface area contributed by atoms with Crippen molar-refractivity contribution >= 4 is 23.6 Å². The van der Waals surface area contributed by atoms with Crippen LogP contribution in [0.4, 0.5) is 0 Å². The van der Waals surface area contributed by atoms with Crippen LogP contribution in [0.25, 0.3) is 0 Å². The van der Waals surface area contributed by atoms with Crippen molar-refractivity contribution in [3.63, 3.8) is 0 Å². The summed E-state index contributed by atoms with van der Waals surface area (Å²) in [5.41, 5.74) is 0.486. The van der Waals surface area contributed by atoms with Crippen LogP contribution < -0.4 is 15.4 Å². The maximum Gasteiger partial charge on any atom is 0.262 e. The largest absolute Gasteiger partial charge is 0.492 e. The predicted molar refractivity (Wildman–Crippen MR) is 112 cm³/mol. The van der Waals surface area contributed by atoms with Crippen LogP contribution in [0.3, 0.4) is 0 Å². The Kier molecular flexibility index (Phi) is 6.33. The van der Waals surface area contributed by atoms with Crippen LogP contribution in [0.5, 0.6) is 5.75 Å². The molecule has 0 bridgehead atoms. The maximum atomic E-state index is 12.9. The van der Waals surface area contributed by atoms with E-state index >= 15 is 0 Å². The summed E-state index contributed by atoms with van der Waals surface area (Å²) in [4.78, 5) is 52.3. The van der Waals surface area contributed by atoms with E-state index in [9.17, 15) is 19.2 Å². The summed E-state index contributed by atoms with van der Waals surface area (Å²) in [7, 11) is 2.08. The molecule has 1 aromatic carbocycles. The Morgan fingerprint density at radius 2 is 1.81 bits per heavy atom. The minimum absolute atomic E-state index is 0.100. The van der Waals surface area contributed by atoms with Gasteiger partial charge in [0.1, 0.15) is 18.4 Å². The summed E-state index contributed by atoms with van der Waals surface area (Å²) in [5, 5.41) is 5.57. The average molecular weight is 428 g/mol. The van der Waals surface area contributed by atoms with E-state index in [1.807, 2.05) is 0 Å². The number of nitrogens with zero attached hydrogens (tertiary/aromatic N) is 2. The van der Waals surface area contributed by atoms with Crippen LogP contribution in [0.2, 0.25) is 0 Å². The van der Waals surface area contributed by atoms with Crippen molar-refractivity contribution in [2.24, 2.45) is 5.92 Å². The second kappa shape index (κ2) is 9.15. The van der Waals surface area contributed by atoms with E-state index in [0.717, 1.165) is 31.1 Å². The third-order valence-electron chi connectivity index (χ3n) is 6.18. The van der Waals surface area contributed by atoms with Crippen molar-refractivity contribution in [1.29, 1.82) is 0 Å². The molecule has 2 N–H and O–H groups in total. The first-order chi connectivity index (χ1) is 14.9. The molecule has 31 heavy (non-hydrogen) atoms. The van der Waals surface area contributed by atoms with Gasteiger partial charge in [0.15, 0.2) is 0 Å². The second-order valence-electron chi connectivity index (χ2n) is 8.46. The summed E-state index contributed by atoms with van der Waals surface area (Å²) < 4.78 is 5.83. The average Bonchev–Trinajstić information content (AvgIpc) is 2.99. The number of hydrogen-bond acceptors (Lipinski definition) is 7. The second-order valence-corrected chi connectivity index (χ2v) is 8.46. The van der Waals surface area contributed by atoms with Gasteiger partial charge in [-0.15, -0.1) is 0 Å². The molecular weight excluding hydrogens is 400 g/mol. The number of ether oxygens (including phenoxy) is 1. The van der Waals surface area contributed by atoms with Crippen LogP contribution in [0, 0.1) is 5.92 Å². The van der Waals surface area contributed by atoms with E-state index in [2.05, 4.69) is 22.6 Å². The van der Waals surface area contributed by atoms with Gasteiger partial charge in [0.25, 0.3) is 11.8 Å². The van der Waals surface area contributed by atoms with Gasteiger partial charge in [0, 0.05) is 19.5 Å². The Hall–Kier alpha value is -2.78. The van der Waals surface area contributed by atoms with Gasteiger partial charge in [0.2, 0.25) is 11.8 Å². The van der Waals surface area contributed by atoms with Crippen molar-refractivity contribution in [1.82, 2.24) is 20.4 Å². The molecule has 4 amide bonds. The highest BCUT2D eigenvalue weighted by atomic mass is 16.5. The summed E-state index contributed by atoms with van der Waals surface area (Å²) >= 11 is 0. The molecule has 0 aliphatic carbocycles. The van der Waals surface area contributed by atoms with Crippen molar-refractivity contribution in [2.75, 3.05) is 39.8 Å². The first-order valence-electron chi connectivity index (χ1n) is 10.8. The number of nitrogens with one attached hydrogen (secondary N) is 2. The molecule has 2 fully saturated rings. The normalized spacial score (nSPS) is 22.1. The number of carbonyl (C=O) groups is 4. The number of rotatable bonds is 7. The van der Waals surface area contributed by atoms with Gasteiger partial charge in [-0.3, -0.25) is 29.4 Å². The molecule has 0 spiro atoms. The van der Waals surface area contributed by atoms with E-state index in [4.69, 9.17) is 4.74 Å². The topological polar surface area (TPSA) is 108 Å². The minimum atomic E-state index is -0.960. The predicted octanol–water partition coefficient (Wildman–Crippen LogP) is 0.398. The lowest BCUT2D eigenvalue weighted by Gasteiger charge is -2.27. The quantitative estimate of drug-likeness (QED) is 0.605. The van der Waals surface area contributed by atoms with Gasteiger partial charge in [0.05, 0.1) is 11.1 Å². The van der Waals surface area contributed by atoms with Gasteiger partial charge in [-0.2, -0.15) is 0 Å². The number of amides is 4. The number of piperidine rings is 2. The van der Waals surface area contributed by atoms with E-state index in [1.54, 1.807) is 18.2 Å². The molecule has 0 saturated carbocycles. The monoisotopic (exact) mass is 428 g/mol. The van der Waals surface area contributed by atoms with Crippen molar-refractivity contribution in [3.8, 4) is 5.75 Å². The number of imide groups is 2. The molecule has 166 valence electrons. The third-order valence-corrected chi connectivity index (χ3v) is 6.18. The molecule has 1 unspecified atom stereocenters. The highest BCUT2D eigenvalue weighted by Crippen LogP contribution is 2.30. The van der Waals surface area contributed by atoms with E-state index < -0.39 is 29.7 Å². The van der Waals surface area contributed by atoms with Gasteiger partial charge in [-0.05, 0) is 63.5 Å². The van der Waals surface area contributed by atoms with Crippen LogP contribution in [0.15, 0.2) is 18.2 Å². The van der Waals surface area contributed by atoms with E-state index in [-0.39, 0.29) is 24.0 Å². The first kappa shape index (κ1) is 21.5. The molecular formula is C22H28N4O5. The smallest absolute Gasteiger partial charge is 0.262 e. The lowest BCUT2D eigenvalue weighted by atomic mass is 9.98. The SMILES string of the molecule is CN(CCOc1ccc2c(c1)C(=O)N(C1CCC(=O)NC1=O)C2=O)CC1CCNCC1. The third kappa shape index (κ3) is 4.62. The van der Waals surface area contributed by atoms with Gasteiger partial charge < -0.3 is 15.0 Å². The molecule has 3 heterocycles. The first-order valence-corrected chi connectivity index (χ1v) is 10.8. The molecule has 9 heteroatoms. The Morgan fingerprint density at radius 3 is 2.55 bits per heavy atom.